The first-order chi connectivity index (χ1) is 21.2. The molecule has 1 fully saturated rings. The number of Topliss-reactive ketones (excluding diaryl/α,β-unsaturated/α-hetero) is 1. The van der Waals surface area contributed by atoms with Gasteiger partial charge in [0.1, 0.15) is 5.75 Å². The normalized spacial score (nSPS) is 24.1. The summed E-state index contributed by atoms with van der Waals surface area (Å²) >= 11 is 9.70. The van der Waals surface area contributed by atoms with Gasteiger partial charge in [-0.25, -0.2) is 4.90 Å². The summed E-state index contributed by atoms with van der Waals surface area (Å²) < 4.78 is 0.0395. The maximum absolute atomic E-state index is 14.2. The van der Waals surface area contributed by atoms with Crippen LogP contribution in [0.15, 0.2) is 63.7 Å². The van der Waals surface area contributed by atoms with E-state index in [1.54, 1.807) is 6.08 Å². The van der Waals surface area contributed by atoms with Crippen LogP contribution in [-0.2, 0) is 19.2 Å². The molecular weight excluding hydrogens is 676 g/mol. The van der Waals surface area contributed by atoms with Crippen LogP contribution >= 0.6 is 27.5 Å². The topological polar surface area (TPSA) is 181 Å². The second kappa shape index (κ2) is 10.7. The number of halogens is 2. The summed E-state index contributed by atoms with van der Waals surface area (Å²) in [5.74, 6) is -5.99. The second-order valence-electron chi connectivity index (χ2n) is 11.4. The summed E-state index contributed by atoms with van der Waals surface area (Å²) in [6.07, 6.45) is 2.95. The minimum atomic E-state index is -1.04. The van der Waals surface area contributed by atoms with E-state index in [2.05, 4.69) is 15.9 Å². The number of carbonyl (C=O) groups excluding carboxylic acids is 4. The molecule has 2 aromatic carbocycles. The first kappa shape index (κ1) is 30.3. The molecule has 4 atom stereocenters. The molecule has 2 amide bonds. The molecule has 45 heavy (non-hydrogen) atoms. The van der Waals surface area contributed by atoms with Crippen molar-refractivity contribution in [3.8, 4) is 5.75 Å². The van der Waals surface area contributed by atoms with Crippen molar-refractivity contribution in [2.24, 2.45) is 17.8 Å². The molecule has 2 aromatic rings. The third-order valence-corrected chi connectivity index (χ3v) is 9.70. The molecule has 0 bridgehead atoms. The molecule has 13 nitrogen and oxygen atoms in total. The molecule has 1 N–H and O–H groups in total. The average Bonchev–Trinajstić information content (AvgIpc) is 3.23. The van der Waals surface area contributed by atoms with Crippen molar-refractivity contribution in [3.63, 3.8) is 0 Å². The Morgan fingerprint density at radius 2 is 1.64 bits per heavy atom. The summed E-state index contributed by atoms with van der Waals surface area (Å²) in [5.41, 5.74) is -0.558. The van der Waals surface area contributed by atoms with Crippen LogP contribution in [0.1, 0.15) is 24.3 Å². The minimum Gasteiger partial charge on any atom is -0.508 e. The van der Waals surface area contributed by atoms with Gasteiger partial charge in [0.15, 0.2) is 17.3 Å². The molecule has 230 valence electrons. The highest BCUT2D eigenvalue weighted by Gasteiger charge is 2.57. The molecule has 0 aromatic heterocycles. The van der Waals surface area contributed by atoms with Crippen molar-refractivity contribution in [2.75, 3.05) is 23.9 Å². The molecule has 1 aliphatic heterocycles. The summed E-state index contributed by atoms with van der Waals surface area (Å²) in [5, 5.41) is 34.0. The largest absolute Gasteiger partial charge is 0.508 e. The number of aromatic hydroxyl groups is 1. The van der Waals surface area contributed by atoms with Crippen LogP contribution in [0.5, 0.6) is 5.75 Å². The van der Waals surface area contributed by atoms with E-state index >= 15 is 0 Å². The second-order valence-corrected chi connectivity index (χ2v) is 12.6. The molecule has 1 heterocycles. The lowest BCUT2D eigenvalue weighted by Crippen LogP contribution is -2.39. The summed E-state index contributed by atoms with van der Waals surface area (Å²) in [6.45, 7) is 0. The van der Waals surface area contributed by atoms with E-state index < -0.39 is 68.3 Å². The molecule has 0 saturated carbocycles. The third kappa shape index (κ3) is 4.58. The lowest BCUT2D eigenvalue weighted by atomic mass is 9.59. The van der Waals surface area contributed by atoms with E-state index in [-0.39, 0.29) is 50.6 Å². The van der Waals surface area contributed by atoms with E-state index in [1.807, 2.05) is 0 Å². The van der Waals surface area contributed by atoms with Crippen molar-refractivity contribution in [2.45, 2.75) is 18.8 Å². The number of nitro benzene ring substituents is 2. The maximum atomic E-state index is 14.2. The van der Waals surface area contributed by atoms with Crippen LogP contribution in [0.2, 0.25) is 5.02 Å². The number of hydrogen-bond donors (Lipinski definition) is 1. The van der Waals surface area contributed by atoms with Crippen LogP contribution < -0.4 is 9.80 Å². The fraction of sp³-hybridized carbons (Fsp3) is 0.267. The first-order valence-electron chi connectivity index (χ1n) is 13.6. The highest BCUT2D eigenvalue weighted by molar-refractivity contribution is 9.12. The Morgan fingerprint density at radius 1 is 1.00 bits per heavy atom. The molecule has 4 aliphatic rings. The van der Waals surface area contributed by atoms with Gasteiger partial charge in [0.25, 0.3) is 0 Å². The van der Waals surface area contributed by atoms with E-state index in [4.69, 9.17) is 11.6 Å². The van der Waals surface area contributed by atoms with Crippen LogP contribution in [0.3, 0.4) is 0 Å². The number of ketones is 2. The molecular formula is C30H22BrClN4O9. The SMILES string of the molecule is CN(C)c1c([N+](=O)[O-])cc(N2C(=O)[C@H]3[C@H](CC=C4[C@H](c5ccc(O)cc5Cl)C5=C(C[C@H]43)C(=O)C(Br)=CC5=O)C2=O)cc1[N+](=O)[O-]. The van der Waals surface area contributed by atoms with Crippen molar-refractivity contribution >= 4 is 73.7 Å². The molecule has 6 rings (SSSR count). The Labute approximate surface area is 267 Å². The summed E-state index contributed by atoms with van der Waals surface area (Å²) in [4.78, 5) is 79.0. The van der Waals surface area contributed by atoms with Crippen LogP contribution in [0.25, 0.3) is 0 Å². The van der Waals surface area contributed by atoms with E-state index in [0.29, 0.717) is 11.1 Å². The molecule has 1 saturated heterocycles. The van der Waals surface area contributed by atoms with Crippen LogP contribution in [0.4, 0.5) is 22.7 Å². The number of hydrogen-bond acceptors (Lipinski definition) is 10. The van der Waals surface area contributed by atoms with Gasteiger partial charge < -0.3 is 10.0 Å². The van der Waals surface area contributed by atoms with Gasteiger partial charge in [0.2, 0.25) is 11.8 Å². The number of allylic oxidation sites excluding steroid dienone is 6. The van der Waals surface area contributed by atoms with Crippen molar-refractivity contribution in [1.82, 2.24) is 0 Å². The lowest BCUT2D eigenvalue weighted by molar-refractivity contribution is -0.392. The summed E-state index contributed by atoms with van der Waals surface area (Å²) in [7, 11) is 2.80. The number of nitro groups is 2. The Balaban J connectivity index is 1.49. The van der Waals surface area contributed by atoms with Gasteiger partial charge in [0.05, 0.1) is 31.9 Å². The monoisotopic (exact) mass is 696 g/mol. The first-order valence-corrected chi connectivity index (χ1v) is 14.8. The fourth-order valence-corrected chi connectivity index (χ4v) is 7.75. The number of anilines is 2. The Hall–Kier alpha value is -4.69. The highest BCUT2D eigenvalue weighted by atomic mass is 79.9. The Bertz CT molecular complexity index is 1860. The zero-order valence-electron chi connectivity index (χ0n) is 23.5. The zero-order chi connectivity index (χ0) is 32.6. The van der Waals surface area contributed by atoms with Crippen molar-refractivity contribution in [3.05, 3.63) is 94.5 Å². The number of phenols is 1. The zero-order valence-corrected chi connectivity index (χ0v) is 25.9. The minimum absolute atomic E-state index is 0.0395. The standard InChI is InChI=1S/C30H22BrClN4O9/c1-33(2)27-21(35(42)43)7-12(8-22(27)36(44)45)34-29(40)16-6-5-14-17(25(16)30(34)41)10-18-26(23(38)11-19(31)28(18)39)24(14)15-4-3-13(37)9-20(15)32/h3-5,7-9,11,16-17,24-25,37H,6,10H2,1-2H3/t16-,17+,24+,25-/m0/s1. The van der Waals surface area contributed by atoms with Crippen LogP contribution in [-0.4, -0.2) is 52.4 Å². The number of rotatable bonds is 5. The molecule has 15 heteroatoms. The van der Waals surface area contributed by atoms with E-state index in [0.717, 1.165) is 17.0 Å². The van der Waals surface area contributed by atoms with Gasteiger partial charge in [-0.05, 0) is 52.4 Å². The van der Waals surface area contributed by atoms with Gasteiger partial charge >= 0.3 is 11.4 Å². The van der Waals surface area contributed by atoms with E-state index in [9.17, 15) is 44.5 Å². The van der Waals surface area contributed by atoms with Crippen LogP contribution in [0, 0.1) is 38.0 Å². The highest BCUT2D eigenvalue weighted by Crippen LogP contribution is 2.57. The molecule has 0 unspecified atom stereocenters. The number of amides is 2. The number of fused-ring (bicyclic) bond motifs is 3. The summed E-state index contributed by atoms with van der Waals surface area (Å²) in [6, 6.07) is 6.16. The van der Waals surface area contributed by atoms with E-state index in [1.165, 1.54) is 43.3 Å². The number of benzene rings is 2. The predicted molar refractivity (Wildman–Crippen MR) is 164 cm³/mol. The molecule has 0 radical (unpaired) electrons. The molecule has 3 aliphatic carbocycles. The molecule has 0 spiro atoms. The number of carbonyl (C=O) groups is 4. The van der Waals surface area contributed by atoms with Crippen molar-refractivity contribution < 1.29 is 34.1 Å². The van der Waals surface area contributed by atoms with Crippen molar-refractivity contribution in [1.29, 1.82) is 0 Å². The number of phenolic OH excluding ortho intramolecular Hbond substituents is 1. The smallest absolute Gasteiger partial charge is 0.301 e. The quantitative estimate of drug-likeness (QED) is 0.148. The lowest BCUT2D eigenvalue weighted by Gasteiger charge is -2.42. The predicted octanol–water partition coefficient (Wildman–Crippen LogP) is 4.89. The van der Waals surface area contributed by atoms with Gasteiger partial charge in [-0.2, -0.15) is 0 Å². The van der Waals surface area contributed by atoms with Gasteiger partial charge in [0, 0.05) is 54.4 Å². The van der Waals surface area contributed by atoms with Gasteiger partial charge in [-0.1, -0.05) is 29.3 Å². The van der Waals surface area contributed by atoms with Gasteiger partial charge in [-0.15, -0.1) is 0 Å². The average molecular weight is 698 g/mol. The number of nitrogens with zero attached hydrogens (tertiary/aromatic N) is 4. The van der Waals surface area contributed by atoms with Gasteiger partial charge in [-0.3, -0.25) is 39.4 Å². The number of imide groups is 1. The fourth-order valence-electron chi connectivity index (χ4n) is 7.02. The maximum Gasteiger partial charge on any atom is 0.301 e. The third-order valence-electron chi connectivity index (χ3n) is 8.78. The Kier molecular flexibility index (Phi) is 7.24. The Morgan fingerprint density at radius 3 is 2.22 bits per heavy atom.